The average Bonchev–Trinajstić information content (AvgIpc) is 2.83. The predicted molar refractivity (Wildman–Crippen MR) is 122 cm³/mol. The van der Waals surface area contributed by atoms with Crippen molar-refractivity contribution in [2.45, 2.75) is 12.5 Å². The Balaban J connectivity index is 1.67. The Morgan fingerprint density at radius 2 is 1.71 bits per heavy atom. The fourth-order valence-corrected chi connectivity index (χ4v) is 3.60. The molecule has 4 aromatic rings. The molecule has 1 atom stereocenters. The number of pyridine rings is 1. The first-order valence-electron chi connectivity index (χ1n) is 10.2. The number of rotatable bonds is 7. The van der Waals surface area contributed by atoms with Gasteiger partial charge in [-0.3, -0.25) is 4.79 Å². The third-order valence-corrected chi connectivity index (χ3v) is 5.23. The summed E-state index contributed by atoms with van der Waals surface area (Å²) in [5, 5.41) is 13.6. The van der Waals surface area contributed by atoms with Gasteiger partial charge < -0.3 is 15.2 Å². The number of benzene rings is 3. The van der Waals surface area contributed by atoms with Crippen LogP contribution in [0, 0.1) is 0 Å². The topological polar surface area (TPSA) is 71.5 Å². The Kier molecular flexibility index (Phi) is 6.24. The lowest BCUT2D eigenvalue weighted by Crippen LogP contribution is -2.39. The molecule has 1 amide bonds. The van der Waals surface area contributed by atoms with Gasteiger partial charge in [-0.1, -0.05) is 48.5 Å². The highest BCUT2D eigenvalue weighted by Gasteiger charge is 2.18. The molecule has 4 rings (SSSR count). The summed E-state index contributed by atoms with van der Waals surface area (Å²) < 4.78 is 5.23. The summed E-state index contributed by atoms with van der Waals surface area (Å²) in [6, 6.07) is 26.4. The molecule has 31 heavy (non-hydrogen) atoms. The summed E-state index contributed by atoms with van der Waals surface area (Å²) in [5.74, 6) is 0.526. The second-order valence-electron chi connectivity index (χ2n) is 7.34. The van der Waals surface area contributed by atoms with E-state index in [0.29, 0.717) is 17.7 Å². The number of aliphatic hydroxyl groups is 1. The molecule has 0 aliphatic carbocycles. The molecular weight excluding hydrogens is 388 g/mol. The van der Waals surface area contributed by atoms with Crippen molar-refractivity contribution >= 4 is 16.8 Å². The van der Waals surface area contributed by atoms with Crippen molar-refractivity contribution in [3.05, 3.63) is 96.1 Å². The lowest BCUT2D eigenvalue weighted by atomic mass is 10.0. The lowest BCUT2D eigenvalue weighted by molar-refractivity contribution is 0.0918. The van der Waals surface area contributed by atoms with Crippen LogP contribution in [0.1, 0.15) is 15.9 Å². The average molecular weight is 412 g/mol. The van der Waals surface area contributed by atoms with Gasteiger partial charge in [0.15, 0.2) is 0 Å². The minimum Gasteiger partial charge on any atom is -0.497 e. The molecule has 0 aliphatic heterocycles. The smallest absolute Gasteiger partial charge is 0.252 e. The SMILES string of the molecule is COc1ccc(-c2cc(C(=O)NC(CO)Cc3ccccc3)c3ccccc3n2)cc1. The maximum absolute atomic E-state index is 13.2. The molecule has 1 unspecified atom stereocenters. The van der Waals surface area contributed by atoms with Gasteiger partial charge in [0.1, 0.15) is 5.75 Å². The van der Waals surface area contributed by atoms with E-state index in [1.165, 1.54) is 0 Å². The van der Waals surface area contributed by atoms with Crippen LogP contribution in [0.3, 0.4) is 0 Å². The summed E-state index contributed by atoms with van der Waals surface area (Å²) in [4.78, 5) is 18.0. The van der Waals surface area contributed by atoms with Crippen LogP contribution in [-0.4, -0.2) is 35.8 Å². The summed E-state index contributed by atoms with van der Waals surface area (Å²) in [6.45, 7) is -0.144. The van der Waals surface area contributed by atoms with Gasteiger partial charge in [-0.2, -0.15) is 0 Å². The molecule has 0 fully saturated rings. The van der Waals surface area contributed by atoms with Crippen LogP contribution in [0.2, 0.25) is 0 Å². The second-order valence-corrected chi connectivity index (χ2v) is 7.34. The van der Waals surface area contributed by atoms with E-state index in [1.807, 2.05) is 78.9 Å². The second kappa shape index (κ2) is 9.41. The van der Waals surface area contributed by atoms with E-state index < -0.39 is 0 Å². The van der Waals surface area contributed by atoms with Gasteiger partial charge in [-0.15, -0.1) is 0 Å². The largest absolute Gasteiger partial charge is 0.497 e. The lowest BCUT2D eigenvalue weighted by Gasteiger charge is -2.18. The fraction of sp³-hybridized carbons (Fsp3) is 0.154. The van der Waals surface area contributed by atoms with Crippen LogP contribution in [0.5, 0.6) is 5.75 Å². The number of carbonyl (C=O) groups is 1. The highest BCUT2D eigenvalue weighted by atomic mass is 16.5. The summed E-state index contributed by atoms with van der Waals surface area (Å²) in [7, 11) is 1.62. The third kappa shape index (κ3) is 4.73. The number of para-hydroxylation sites is 1. The van der Waals surface area contributed by atoms with E-state index in [2.05, 4.69) is 5.32 Å². The molecule has 1 aromatic heterocycles. The minimum atomic E-state index is -0.383. The number of carbonyl (C=O) groups excluding carboxylic acids is 1. The first kappa shape index (κ1) is 20.6. The van der Waals surface area contributed by atoms with E-state index in [1.54, 1.807) is 13.2 Å². The van der Waals surface area contributed by atoms with Gasteiger partial charge in [-0.05, 0) is 48.4 Å². The maximum Gasteiger partial charge on any atom is 0.252 e. The van der Waals surface area contributed by atoms with Crippen LogP contribution in [-0.2, 0) is 6.42 Å². The molecule has 2 N–H and O–H groups in total. The van der Waals surface area contributed by atoms with Gasteiger partial charge >= 0.3 is 0 Å². The number of nitrogens with one attached hydrogen (secondary N) is 1. The van der Waals surface area contributed by atoms with Gasteiger partial charge in [0, 0.05) is 10.9 Å². The Hall–Kier alpha value is -3.70. The number of nitrogens with zero attached hydrogens (tertiary/aromatic N) is 1. The van der Waals surface area contributed by atoms with Gasteiger partial charge in [-0.25, -0.2) is 4.98 Å². The Morgan fingerprint density at radius 1 is 1.00 bits per heavy atom. The predicted octanol–water partition coefficient (Wildman–Crippen LogP) is 4.24. The van der Waals surface area contributed by atoms with Crippen LogP contribution in [0.4, 0.5) is 0 Å². The van der Waals surface area contributed by atoms with E-state index in [0.717, 1.165) is 27.8 Å². The number of fused-ring (bicyclic) bond motifs is 1. The summed E-state index contributed by atoms with van der Waals surface area (Å²) >= 11 is 0. The first-order chi connectivity index (χ1) is 15.2. The van der Waals surface area contributed by atoms with E-state index in [-0.39, 0.29) is 18.6 Å². The third-order valence-electron chi connectivity index (χ3n) is 5.23. The molecule has 0 aliphatic rings. The zero-order valence-corrected chi connectivity index (χ0v) is 17.3. The highest BCUT2D eigenvalue weighted by Crippen LogP contribution is 2.26. The zero-order valence-electron chi connectivity index (χ0n) is 17.3. The first-order valence-corrected chi connectivity index (χ1v) is 10.2. The number of amides is 1. The summed E-state index contributed by atoms with van der Waals surface area (Å²) in [6.07, 6.45) is 0.553. The van der Waals surface area contributed by atoms with Gasteiger partial charge in [0.25, 0.3) is 5.91 Å². The number of methoxy groups -OCH3 is 1. The van der Waals surface area contributed by atoms with E-state index in [4.69, 9.17) is 9.72 Å². The monoisotopic (exact) mass is 412 g/mol. The van der Waals surface area contributed by atoms with Crippen LogP contribution < -0.4 is 10.1 Å². The number of hydrogen-bond acceptors (Lipinski definition) is 4. The van der Waals surface area contributed by atoms with Crippen molar-refractivity contribution in [3.63, 3.8) is 0 Å². The van der Waals surface area contributed by atoms with E-state index >= 15 is 0 Å². The molecule has 0 radical (unpaired) electrons. The summed E-state index contributed by atoms with van der Waals surface area (Å²) in [5.41, 5.74) is 3.92. The number of aliphatic hydroxyl groups excluding tert-OH is 1. The molecule has 156 valence electrons. The maximum atomic E-state index is 13.2. The molecule has 0 bridgehead atoms. The molecule has 0 saturated heterocycles. The number of hydrogen-bond donors (Lipinski definition) is 2. The van der Waals surface area contributed by atoms with Crippen molar-refractivity contribution in [2.24, 2.45) is 0 Å². The molecule has 3 aromatic carbocycles. The molecular formula is C26H24N2O3. The van der Waals surface area contributed by atoms with Crippen LogP contribution in [0.25, 0.3) is 22.2 Å². The van der Waals surface area contributed by atoms with E-state index in [9.17, 15) is 9.90 Å². The fourth-order valence-electron chi connectivity index (χ4n) is 3.60. The Morgan fingerprint density at radius 3 is 2.42 bits per heavy atom. The number of aromatic nitrogens is 1. The van der Waals surface area contributed by atoms with Crippen molar-refractivity contribution in [1.82, 2.24) is 10.3 Å². The van der Waals surface area contributed by atoms with Crippen molar-refractivity contribution in [1.29, 1.82) is 0 Å². The zero-order chi connectivity index (χ0) is 21.6. The normalized spacial score (nSPS) is 11.8. The van der Waals surface area contributed by atoms with Gasteiger partial charge in [0.2, 0.25) is 0 Å². The molecule has 0 saturated carbocycles. The molecule has 0 spiro atoms. The highest BCUT2D eigenvalue weighted by molar-refractivity contribution is 6.07. The molecule has 1 heterocycles. The van der Waals surface area contributed by atoms with Crippen molar-refractivity contribution < 1.29 is 14.6 Å². The Labute approximate surface area is 181 Å². The standard InChI is InChI=1S/C26H24N2O3/c1-31-21-13-11-19(12-14-21)25-16-23(22-9-5-6-10-24(22)28-25)26(30)27-20(17-29)15-18-7-3-2-4-8-18/h2-14,16,20,29H,15,17H2,1H3,(H,27,30). The van der Waals surface area contributed by atoms with Crippen LogP contribution in [0.15, 0.2) is 84.9 Å². The minimum absolute atomic E-state index is 0.144. The number of ether oxygens (including phenoxy) is 1. The van der Waals surface area contributed by atoms with Crippen LogP contribution >= 0.6 is 0 Å². The Bertz CT molecular complexity index is 1170. The molecule has 5 heteroatoms. The van der Waals surface area contributed by atoms with Gasteiger partial charge in [0.05, 0.1) is 36.5 Å². The van der Waals surface area contributed by atoms with Crippen molar-refractivity contribution in [3.8, 4) is 17.0 Å². The van der Waals surface area contributed by atoms with Crippen molar-refractivity contribution in [2.75, 3.05) is 13.7 Å². The quantitative estimate of drug-likeness (QED) is 0.476. The molecule has 5 nitrogen and oxygen atoms in total.